The van der Waals surface area contributed by atoms with Crippen molar-refractivity contribution in [1.82, 2.24) is 0 Å². The highest BCUT2D eigenvalue weighted by Gasteiger charge is 2.21. The van der Waals surface area contributed by atoms with E-state index in [1.54, 1.807) is 0 Å². The summed E-state index contributed by atoms with van der Waals surface area (Å²) in [6, 6.07) is 3.83. The number of hydrogen-bond donors (Lipinski definition) is 1. The molecule has 1 aliphatic heterocycles. The molecule has 1 amide bonds. The third-order valence-electron chi connectivity index (χ3n) is 1.73. The minimum Gasteiger partial charge on any atom is -0.324 e. The Bertz CT molecular complexity index is 405. The SMILES string of the molecule is O=C1CS(=O)c2cc(F)ccc2N1. The zero-order valence-electron chi connectivity index (χ0n) is 6.54. The van der Waals surface area contributed by atoms with Crippen LogP contribution in [0, 0.1) is 5.82 Å². The van der Waals surface area contributed by atoms with Crippen molar-refractivity contribution < 1.29 is 13.4 Å². The monoisotopic (exact) mass is 199 g/mol. The van der Waals surface area contributed by atoms with Crippen LogP contribution < -0.4 is 5.32 Å². The highest BCUT2D eigenvalue weighted by atomic mass is 32.2. The van der Waals surface area contributed by atoms with Gasteiger partial charge in [-0.3, -0.25) is 9.00 Å². The number of hydrogen-bond acceptors (Lipinski definition) is 2. The Morgan fingerprint density at radius 3 is 3.00 bits per heavy atom. The van der Waals surface area contributed by atoms with E-state index in [2.05, 4.69) is 5.32 Å². The van der Waals surface area contributed by atoms with Crippen molar-refractivity contribution in [3.63, 3.8) is 0 Å². The predicted octanol–water partition coefficient (Wildman–Crippen LogP) is 0.885. The first-order valence-electron chi connectivity index (χ1n) is 3.64. The van der Waals surface area contributed by atoms with Gasteiger partial charge in [0, 0.05) is 0 Å². The Kier molecular flexibility index (Phi) is 1.88. The lowest BCUT2D eigenvalue weighted by Gasteiger charge is -2.15. The van der Waals surface area contributed by atoms with Crippen LogP contribution in [0.15, 0.2) is 23.1 Å². The van der Waals surface area contributed by atoms with E-state index in [1.807, 2.05) is 0 Å². The molecule has 0 saturated carbocycles. The molecule has 0 saturated heterocycles. The fraction of sp³-hybridized carbons (Fsp3) is 0.125. The molecule has 1 unspecified atom stereocenters. The molecule has 1 aromatic carbocycles. The minimum absolute atomic E-state index is 0.0869. The highest BCUT2D eigenvalue weighted by Crippen LogP contribution is 2.24. The van der Waals surface area contributed by atoms with E-state index < -0.39 is 16.6 Å². The summed E-state index contributed by atoms with van der Waals surface area (Å²) in [5.74, 6) is -0.822. The van der Waals surface area contributed by atoms with Crippen molar-refractivity contribution in [2.24, 2.45) is 0 Å². The smallest absolute Gasteiger partial charge is 0.237 e. The molecule has 1 N–H and O–H groups in total. The molecule has 0 aromatic heterocycles. The van der Waals surface area contributed by atoms with Crippen molar-refractivity contribution in [1.29, 1.82) is 0 Å². The minimum atomic E-state index is -1.41. The van der Waals surface area contributed by atoms with Gasteiger partial charge in [0.05, 0.1) is 21.4 Å². The number of amides is 1. The number of carbonyl (C=O) groups is 1. The van der Waals surface area contributed by atoms with Crippen molar-refractivity contribution in [3.05, 3.63) is 24.0 Å². The fourth-order valence-electron chi connectivity index (χ4n) is 1.17. The molecule has 0 aliphatic carbocycles. The van der Waals surface area contributed by atoms with E-state index in [0.717, 1.165) is 0 Å². The molecule has 1 aliphatic rings. The van der Waals surface area contributed by atoms with Crippen molar-refractivity contribution in [3.8, 4) is 0 Å². The Balaban J connectivity index is 2.55. The van der Waals surface area contributed by atoms with Crippen LogP contribution in [0.1, 0.15) is 0 Å². The zero-order chi connectivity index (χ0) is 9.42. The van der Waals surface area contributed by atoms with E-state index in [4.69, 9.17) is 0 Å². The average molecular weight is 199 g/mol. The number of anilines is 1. The van der Waals surface area contributed by atoms with E-state index in [0.29, 0.717) is 10.6 Å². The van der Waals surface area contributed by atoms with Gasteiger partial charge in [-0.25, -0.2) is 4.39 Å². The van der Waals surface area contributed by atoms with Crippen LogP contribution in [0.4, 0.5) is 10.1 Å². The molecule has 0 fully saturated rings. The van der Waals surface area contributed by atoms with Gasteiger partial charge in [-0.2, -0.15) is 0 Å². The largest absolute Gasteiger partial charge is 0.324 e. The summed E-state index contributed by atoms with van der Waals surface area (Å²) in [5.41, 5.74) is 0.441. The molecular weight excluding hydrogens is 193 g/mol. The molecule has 0 bridgehead atoms. The van der Waals surface area contributed by atoms with Gasteiger partial charge in [0.1, 0.15) is 11.6 Å². The summed E-state index contributed by atoms with van der Waals surface area (Å²) in [6.07, 6.45) is 0. The Morgan fingerprint density at radius 2 is 2.23 bits per heavy atom. The first kappa shape index (κ1) is 8.37. The summed E-state index contributed by atoms with van der Waals surface area (Å²) in [5, 5.41) is 2.52. The maximum Gasteiger partial charge on any atom is 0.237 e. The van der Waals surface area contributed by atoms with Crippen LogP contribution in [-0.2, 0) is 15.6 Å². The second kappa shape index (κ2) is 2.92. The number of benzene rings is 1. The molecule has 2 rings (SSSR count). The molecule has 13 heavy (non-hydrogen) atoms. The van der Waals surface area contributed by atoms with Gasteiger partial charge in [-0.1, -0.05) is 0 Å². The number of rotatable bonds is 0. The predicted molar refractivity (Wildman–Crippen MR) is 46.3 cm³/mol. The van der Waals surface area contributed by atoms with Gasteiger partial charge in [-0.15, -0.1) is 0 Å². The Morgan fingerprint density at radius 1 is 1.46 bits per heavy atom. The first-order valence-corrected chi connectivity index (χ1v) is 4.96. The summed E-state index contributed by atoms with van der Waals surface area (Å²) in [4.78, 5) is 11.3. The van der Waals surface area contributed by atoms with Gasteiger partial charge in [0.15, 0.2) is 0 Å². The summed E-state index contributed by atoms with van der Waals surface area (Å²) >= 11 is 0. The van der Waals surface area contributed by atoms with Crippen LogP contribution in [0.5, 0.6) is 0 Å². The maximum absolute atomic E-state index is 12.7. The van der Waals surface area contributed by atoms with Crippen molar-refractivity contribution >= 4 is 22.4 Å². The lowest BCUT2D eigenvalue weighted by molar-refractivity contribution is -0.113. The zero-order valence-corrected chi connectivity index (χ0v) is 7.36. The highest BCUT2D eigenvalue weighted by molar-refractivity contribution is 7.86. The van der Waals surface area contributed by atoms with Crippen LogP contribution in [0.2, 0.25) is 0 Å². The topological polar surface area (TPSA) is 46.2 Å². The van der Waals surface area contributed by atoms with Crippen LogP contribution in [-0.4, -0.2) is 15.9 Å². The molecule has 5 heteroatoms. The van der Waals surface area contributed by atoms with E-state index >= 15 is 0 Å². The Labute approximate surface area is 76.4 Å². The second-order valence-electron chi connectivity index (χ2n) is 2.68. The number of fused-ring (bicyclic) bond motifs is 1. The molecule has 1 heterocycles. The van der Waals surface area contributed by atoms with E-state index in [1.165, 1.54) is 18.2 Å². The van der Waals surface area contributed by atoms with Gasteiger partial charge >= 0.3 is 0 Å². The number of carbonyl (C=O) groups excluding carboxylic acids is 1. The van der Waals surface area contributed by atoms with Gasteiger partial charge in [0.2, 0.25) is 5.91 Å². The van der Waals surface area contributed by atoms with Crippen molar-refractivity contribution in [2.45, 2.75) is 4.90 Å². The normalized spacial score (nSPS) is 20.7. The molecular formula is C8H6FNO2S. The standard InChI is InChI=1S/C8H6FNO2S/c9-5-1-2-6-7(3-5)13(12)4-8(11)10-6/h1-3H,4H2,(H,10,11). The quantitative estimate of drug-likeness (QED) is 0.674. The van der Waals surface area contributed by atoms with E-state index in [9.17, 15) is 13.4 Å². The molecule has 1 aromatic rings. The first-order chi connectivity index (χ1) is 6.16. The number of nitrogens with one attached hydrogen (secondary N) is 1. The lowest BCUT2D eigenvalue weighted by atomic mass is 10.3. The van der Waals surface area contributed by atoms with Gasteiger partial charge in [-0.05, 0) is 18.2 Å². The molecule has 3 nitrogen and oxygen atoms in total. The van der Waals surface area contributed by atoms with Crippen LogP contribution in [0.3, 0.4) is 0 Å². The lowest BCUT2D eigenvalue weighted by Crippen LogP contribution is -2.25. The van der Waals surface area contributed by atoms with Crippen molar-refractivity contribution in [2.75, 3.05) is 11.1 Å². The average Bonchev–Trinajstić information content (AvgIpc) is 2.06. The molecule has 1 atom stereocenters. The van der Waals surface area contributed by atoms with Crippen LogP contribution >= 0.6 is 0 Å². The fourth-order valence-corrected chi connectivity index (χ4v) is 2.25. The summed E-state index contributed by atoms with van der Waals surface area (Å²) < 4.78 is 24.0. The van der Waals surface area contributed by atoms with Crippen LogP contribution in [0.25, 0.3) is 0 Å². The summed E-state index contributed by atoms with van der Waals surface area (Å²) in [6.45, 7) is 0. The third-order valence-corrected chi connectivity index (χ3v) is 3.08. The van der Waals surface area contributed by atoms with Gasteiger partial charge < -0.3 is 5.32 Å². The maximum atomic E-state index is 12.7. The third kappa shape index (κ3) is 1.47. The molecule has 0 radical (unpaired) electrons. The number of halogens is 1. The van der Waals surface area contributed by atoms with E-state index in [-0.39, 0.29) is 11.7 Å². The molecule has 0 spiro atoms. The van der Waals surface area contributed by atoms with Gasteiger partial charge in [0.25, 0.3) is 0 Å². The second-order valence-corrected chi connectivity index (χ2v) is 4.10. The molecule has 68 valence electrons. The summed E-state index contributed by atoms with van der Waals surface area (Å²) in [7, 11) is -1.41. The Hall–Kier alpha value is -1.23.